The predicted octanol–water partition coefficient (Wildman–Crippen LogP) is 5.51. The Labute approximate surface area is 183 Å². The zero-order chi connectivity index (χ0) is 21.6. The van der Waals surface area contributed by atoms with Crippen LogP contribution in [0.3, 0.4) is 0 Å². The van der Waals surface area contributed by atoms with Crippen LogP contribution in [0.4, 0.5) is 0 Å². The van der Waals surface area contributed by atoms with E-state index >= 15 is 0 Å². The number of carbonyl (C=O) groups is 1. The minimum atomic E-state index is -0.282. The summed E-state index contributed by atoms with van der Waals surface area (Å²) in [6.07, 6.45) is 7.97. The minimum Gasteiger partial charge on any atom is -0.346 e. The summed E-state index contributed by atoms with van der Waals surface area (Å²) in [5, 5.41) is 3.13. The quantitative estimate of drug-likeness (QED) is 0.518. The molecule has 2 aromatic carbocycles. The number of pyridine rings is 1. The van der Waals surface area contributed by atoms with E-state index in [2.05, 4.69) is 28.9 Å². The van der Waals surface area contributed by atoms with E-state index in [1.54, 1.807) is 12.3 Å². The van der Waals surface area contributed by atoms with Crippen LogP contribution in [-0.2, 0) is 13.0 Å². The Hall–Kier alpha value is -3.14. The molecule has 1 amide bonds. The van der Waals surface area contributed by atoms with Crippen LogP contribution in [0.2, 0.25) is 0 Å². The topological polar surface area (TPSA) is 51.1 Å². The number of aryl methyl sites for hydroxylation is 2. The number of unbranched alkanes of at least 4 members (excludes halogenated alkanes) is 2. The fraction of sp³-hybridized carbons (Fsp3) is 0.333. The van der Waals surface area contributed by atoms with Crippen molar-refractivity contribution in [2.75, 3.05) is 0 Å². The second-order valence-electron chi connectivity index (χ2n) is 8.32. The highest BCUT2D eigenvalue weighted by atomic mass is 16.2. The van der Waals surface area contributed by atoms with E-state index in [0.29, 0.717) is 0 Å². The molecule has 0 radical (unpaired) electrons. The molecule has 1 unspecified atom stereocenters. The molecule has 160 valence electrons. The average Bonchev–Trinajstić information content (AvgIpc) is 2.80. The lowest BCUT2D eigenvalue weighted by atomic mass is 9.87. The molecule has 0 aliphatic heterocycles. The van der Waals surface area contributed by atoms with Gasteiger partial charge in [0.15, 0.2) is 5.43 Å². The monoisotopic (exact) mass is 414 g/mol. The fourth-order valence-electron chi connectivity index (χ4n) is 4.46. The molecule has 3 aromatic rings. The molecule has 1 aliphatic carbocycles. The minimum absolute atomic E-state index is 0.0424. The summed E-state index contributed by atoms with van der Waals surface area (Å²) in [4.78, 5) is 26.1. The Kier molecular flexibility index (Phi) is 6.66. The number of hydrogen-bond donors (Lipinski definition) is 1. The number of fused-ring (bicyclic) bond motifs is 1. The van der Waals surface area contributed by atoms with Gasteiger partial charge in [-0.2, -0.15) is 0 Å². The van der Waals surface area contributed by atoms with Gasteiger partial charge < -0.3 is 9.88 Å². The average molecular weight is 415 g/mol. The van der Waals surface area contributed by atoms with Crippen molar-refractivity contribution in [2.45, 2.75) is 58.0 Å². The van der Waals surface area contributed by atoms with Crippen LogP contribution < -0.4 is 10.7 Å². The van der Waals surface area contributed by atoms with Crippen molar-refractivity contribution >= 4 is 5.91 Å². The van der Waals surface area contributed by atoms with E-state index in [1.807, 2.05) is 42.5 Å². The SMILES string of the molecule is CCCCCn1cc(C(=O)NC2CCCc3ccccc32)c(=O)cc1-c1ccccc1. The maximum atomic E-state index is 13.1. The maximum absolute atomic E-state index is 13.1. The molecule has 31 heavy (non-hydrogen) atoms. The molecule has 1 aromatic heterocycles. The van der Waals surface area contributed by atoms with Gasteiger partial charge in [-0.25, -0.2) is 0 Å². The summed E-state index contributed by atoms with van der Waals surface area (Å²) < 4.78 is 2.07. The van der Waals surface area contributed by atoms with E-state index < -0.39 is 0 Å². The van der Waals surface area contributed by atoms with Gasteiger partial charge in [0.25, 0.3) is 5.91 Å². The van der Waals surface area contributed by atoms with Crippen molar-refractivity contribution in [1.29, 1.82) is 0 Å². The van der Waals surface area contributed by atoms with E-state index in [4.69, 9.17) is 0 Å². The highest BCUT2D eigenvalue weighted by Crippen LogP contribution is 2.29. The van der Waals surface area contributed by atoms with Gasteiger partial charge in [-0.15, -0.1) is 0 Å². The van der Waals surface area contributed by atoms with Gasteiger partial charge >= 0.3 is 0 Å². The van der Waals surface area contributed by atoms with Crippen molar-refractivity contribution in [2.24, 2.45) is 0 Å². The summed E-state index contributed by atoms with van der Waals surface area (Å²) in [6.45, 7) is 2.95. The first-order valence-electron chi connectivity index (χ1n) is 11.4. The number of rotatable bonds is 7. The summed E-state index contributed by atoms with van der Waals surface area (Å²) in [5.74, 6) is -0.282. The van der Waals surface area contributed by atoms with Crippen LogP contribution in [0.5, 0.6) is 0 Å². The Balaban J connectivity index is 1.64. The second-order valence-corrected chi connectivity index (χ2v) is 8.32. The van der Waals surface area contributed by atoms with E-state index in [0.717, 1.165) is 56.3 Å². The number of amides is 1. The van der Waals surface area contributed by atoms with E-state index in [-0.39, 0.29) is 22.9 Å². The predicted molar refractivity (Wildman–Crippen MR) is 125 cm³/mol. The van der Waals surface area contributed by atoms with Crippen molar-refractivity contribution < 1.29 is 4.79 Å². The van der Waals surface area contributed by atoms with Crippen LogP contribution in [-0.4, -0.2) is 10.5 Å². The molecule has 1 N–H and O–H groups in total. The number of nitrogens with one attached hydrogen (secondary N) is 1. The zero-order valence-corrected chi connectivity index (χ0v) is 18.1. The van der Waals surface area contributed by atoms with Gasteiger partial charge in [-0.1, -0.05) is 74.4 Å². The molecular weight excluding hydrogens is 384 g/mol. The number of aromatic nitrogens is 1. The maximum Gasteiger partial charge on any atom is 0.257 e. The van der Waals surface area contributed by atoms with Crippen LogP contribution >= 0.6 is 0 Å². The van der Waals surface area contributed by atoms with Gasteiger partial charge in [0.1, 0.15) is 5.56 Å². The van der Waals surface area contributed by atoms with Crippen LogP contribution in [0.25, 0.3) is 11.3 Å². The molecule has 4 rings (SSSR count). The molecular formula is C27H30N2O2. The van der Waals surface area contributed by atoms with Crippen molar-refractivity contribution in [3.05, 3.63) is 93.8 Å². The summed E-state index contributed by atoms with van der Waals surface area (Å²) in [7, 11) is 0. The molecule has 4 heteroatoms. The highest BCUT2D eigenvalue weighted by Gasteiger charge is 2.23. The number of nitrogens with zero attached hydrogens (tertiary/aromatic N) is 1. The van der Waals surface area contributed by atoms with Gasteiger partial charge in [0, 0.05) is 18.8 Å². The molecule has 4 nitrogen and oxygen atoms in total. The summed E-state index contributed by atoms with van der Waals surface area (Å²) in [5.41, 5.74) is 4.30. The Morgan fingerprint density at radius 2 is 1.84 bits per heavy atom. The molecule has 0 spiro atoms. The van der Waals surface area contributed by atoms with Gasteiger partial charge in [0.2, 0.25) is 0 Å². The molecule has 0 saturated heterocycles. The van der Waals surface area contributed by atoms with Crippen LogP contribution in [0.1, 0.15) is 66.6 Å². The third-order valence-corrected chi connectivity index (χ3v) is 6.12. The van der Waals surface area contributed by atoms with Gasteiger partial charge in [-0.3, -0.25) is 9.59 Å². The summed E-state index contributed by atoms with van der Waals surface area (Å²) in [6, 6.07) is 19.8. The third-order valence-electron chi connectivity index (χ3n) is 6.12. The van der Waals surface area contributed by atoms with E-state index in [9.17, 15) is 9.59 Å². The van der Waals surface area contributed by atoms with Crippen molar-refractivity contribution in [3.8, 4) is 11.3 Å². The fourth-order valence-corrected chi connectivity index (χ4v) is 4.46. The molecule has 1 aliphatic rings. The first-order chi connectivity index (χ1) is 15.2. The number of carbonyl (C=O) groups excluding carboxylic acids is 1. The molecule has 0 saturated carbocycles. The Bertz CT molecular complexity index is 1100. The van der Waals surface area contributed by atoms with E-state index in [1.165, 1.54) is 11.1 Å². The number of hydrogen-bond acceptors (Lipinski definition) is 2. The Morgan fingerprint density at radius 3 is 2.65 bits per heavy atom. The van der Waals surface area contributed by atoms with Gasteiger partial charge in [-0.05, 0) is 42.4 Å². The lowest BCUT2D eigenvalue weighted by molar-refractivity contribution is 0.0931. The molecule has 1 atom stereocenters. The number of benzene rings is 2. The molecule has 0 fully saturated rings. The van der Waals surface area contributed by atoms with Crippen molar-refractivity contribution in [3.63, 3.8) is 0 Å². The Morgan fingerprint density at radius 1 is 1.06 bits per heavy atom. The van der Waals surface area contributed by atoms with Gasteiger partial charge in [0.05, 0.1) is 11.7 Å². The first kappa shape index (κ1) is 21.1. The zero-order valence-electron chi connectivity index (χ0n) is 18.1. The highest BCUT2D eigenvalue weighted by molar-refractivity contribution is 5.94. The second kappa shape index (κ2) is 9.78. The van der Waals surface area contributed by atoms with Crippen LogP contribution in [0.15, 0.2) is 71.7 Å². The standard InChI is InChI=1S/C27H30N2O2/c1-2-3-9-17-29-19-23(26(30)18-25(29)21-12-5-4-6-13-21)27(31)28-24-16-10-14-20-11-7-8-15-22(20)24/h4-8,11-13,15,18-19,24H,2-3,9-10,14,16-17H2,1H3,(H,28,31). The first-order valence-corrected chi connectivity index (χ1v) is 11.4. The smallest absolute Gasteiger partial charge is 0.257 e. The molecule has 0 bridgehead atoms. The normalized spacial score (nSPS) is 15.3. The molecule has 1 heterocycles. The van der Waals surface area contributed by atoms with Crippen molar-refractivity contribution in [1.82, 2.24) is 9.88 Å². The largest absolute Gasteiger partial charge is 0.346 e. The lowest BCUT2D eigenvalue weighted by Gasteiger charge is -2.26. The third kappa shape index (κ3) is 4.79. The lowest BCUT2D eigenvalue weighted by Crippen LogP contribution is -2.34. The summed E-state index contributed by atoms with van der Waals surface area (Å²) >= 11 is 0. The van der Waals surface area contributed by atoms with Crippen LogP contribution in [0, 0.1) is 0 Å².